The van der Waals surface area contributed by atoms with E-state index in [4.69, 9.17) is 11.6 Å². The molecule has 1 amide bonds. The van der Waals surface area contributed by atoms with Crippen LogP contribution in [0.5, 0.6) is 0 Å². The van der Waals surface area contributed by atoms with E-state index in [1.54, 1.807) is 6.21 Å². The van der Waals surface area contributed by atoms with Gasteiger partial charge in [0.2, 0.25) is 5.91 Å². The van der Waals surface area contributed by atoms with Gasteiger partial charge in [0.25, 0.3) is 0 Å². The Hall–Kier alpha value is -1.98. The monoisotopic (exact) mass is 373 g/mol. The number of hydrogen-bond acceptors (Lipinski definition) is 4. The summed E-state index contributed by atoms with van der Waals surface area (Å²) >= 11 is 7.29. The molecule has 0 saturated carbocycles. The molecule has 130 valence electrons. The number of rotatable bonds is 6. The van der Waals surface area contributed by atoms with Crippen LogP contribution in [-0.4, -0.2) is 31.0 Å². The van der Waals surface area contributed by atoms with E-state index in [2.05, 4.69) is 27.6 Å². The van der Waals surface area contributed by atoms with E-state index in [0.29, 0.717) is 10.8 Å². The minimum atomic E-state index is -0.134. The fourth-order valence-electron chi connectivity index (χ4n) is 2.64. The molecule has 25 heavy (non-hydrogen) atoms. The second-order valence-electron chi connectivity index (χ2n) is 5.82. The van der Waals surface area contributed by atoms with Crippen LogP contribution in [0.15, 0.2) is 58.5 Å². The Kier molecular flexibility index (Phi) is 6.36. The first-order valence-corrected chi connectivity index (χ1v) is 9.62. The van der Waals surface area contributed by atoms with Gasteiger partial charge in [-0.15, -0.1) is 11.8 Å². The molecule has 1 aliphatic rings. The van der Waals surface area contributed by atoms with E-state index in [0.717, 1.165) is 23.5 Å². The first-order valence-electron chi connectivity index (χ1n) is 8.26. The Morgan fingerprint density at radius 2 is 1.80 bits per heavy atom. The molecule has 0 atom stereocenters. The number of halogens is 1. The summed E-state index contributed by atoms with van der Waals surface area (Å²) in [7, 11) is 0. The van der Waals surface area contributed by atoms with Crippen molar-refractivity contribution in [3.8, 4) is 0 Å². The fourth-order valence-corrected chi connectivity index (χ4v) is 3.45. The molecule has 1 aliphatic heterocycles. The summed E-state index contributed by atoms with van der Waals surface area (Å²) < 4.78 is 0. The summed E-state index contributed by atoms with van der Waals surface area (Å²) in [6.07, 6.45) is 4.20. The van der Waals surface area contributed by atoms with Crippen LogP contribution in [0, 0.1) is 0 Å². The van der Waals surface area contributed by atoms with Crippen molar-refractivity contribution in [1.29, 1.82) is 0 Å². The van der Waals surface area contributed by atoms with E-state index in [9.17, 15) is 4.79 Å². The van der Waals surface area contributed by atoms with Gasteiger partial charge in [0.05, 0.1) is 12.0 Å². The van der Waals surface area contributed by atoms with Crippen LogP contribution in [0.4, 0.5) is 5.69 Å². The van der Waals surface area contributed by atoms with Gasteiger partial charge >= 0.3 is 0 Å². The average molecular weight is 374 g/mol. The number of benzene rings is 2. The van der Waals surface area contributed by atoms with Crippen molar-refractivity contribution in [1.82, 2.24) is 5.43 Å². The molecule has 0 spiro atoms. The molecule has 2 aromatic carbocycles. The Morgan fingerprint density at radius 3 is 2.48 bits per heavy atom. The highest BCUT2D eigenvalue weighted by Gasteiger charge is 2.11. The van der Waals surface area contributed by atoms with Crippen LogP contribution >= 0.6 is 23.4 Å². The molecule has 0 aromatic heterocycles. The van der Waals surface area contributed by atoms with E-state index in [1.165, 1.54) is 30.3 Å². The van der Waals surface area contributed by atoms with Gasteiger partial charge in [-0.2, -0.15) is 5.10 Å². The lowest BCUT2D eigenvalue weighted by atomic mass is 10.2. The largest absolute Gasteiger partial charge is 0.372 e. The quantitative estimate of drug-likeness (QED) is 0.469. The molecular formula is C19H20ClN3OS. The predicted octanol–water partition coefficient (Wildman–Crippen LogP) is 4.18. The number of nitrogens with zero attached hydrogens (tertiary/aromatic N) is 2. The highest BCUT2D eigenvalue weighted by atomic mass is 35.5. The topological polar surface area (TPSA) is 44.7 Å². The lowest BCUT2D eigenvalue weighted by molar-refractivity contribution is -0.118. The van der Waals surface area contributed by atoms with Crippen molar-refractivity contribution < 1.29 is 4.79 Å². The molecular weight excluding hydrogens is 354 g/mol. The molecule has 1 N–H and O–H groups in total. The van der Waals surface area contributed by atoms with Gasteiger partial charge in [0, 0.05) is 28.7 Å². The highest BCUT2D eigenvalue weighted by Crippen LogP contribution is 2.20. The average Bonchev–Trinajstić information content (AvgIpc) is 3.16. The SMILES string of the molecule is O=C(CSc1ccc(Cl)cc1)N/N=C\c1ccc(N2CCCC2)cc1. The summed E-state index contributed by atoms with van der Waals surface area (Å²) in [6, 6.07) is 15.7. The van der Waals surface area contributed by atoms with Crippen molar-refractivity contribution >= 4 is 41.2 Å². The Labute approximate surface area is 157 Å². The van der Waals surface area contributed by atoms with Crippen molar-refractivity contribution in [2.45, 2.75) is 17.7 Å². The standard InChI is InChI=1S/C19H20ClN3OS/c20-16-5-9-18(10-6-16)25-14-19(24)22-21-13-15-3-7-17(8-4-15)23-11-1-2-12-23/h3-10,13H,1-2,11-12,14H2,(H,22,24)/b21-13-. The van der Waals surface area contributed by atoms with Crippen molar-refractivity contribution in [2.75, 3.05) is 23.7 Å². The lowest BCUT2D eigenvalue weighted by Crippen LogP contribution is -2.19. The number of nitrogens with one attached hydrogen (secondary N) is 1. The van der Waals surface area contributed by atoms with Gasteiger partial charge in [-0.05, 0) is 54.8 Å². The number of hydrazone groups is 1. The number of carbonyl (C=O) groups is 1. The second-order valence-corrected chi connectivity index (χ2v) is 7.31. The normalized spacial score (nSPS) is 14.2. The molecule has 6 heteroatoms. The number of amides is 1. The maximum Gasteiger partial charge on any atom is 0.250 e. The van der Waals surface area contributed by atoms with Gasteiger partial charge < -0.3 is 4.90 Å². The predicted molar refractivity (Wildman–Crippen MR) is 106 cm³/mol. The third-order valence-electron chi connectivity index (χ3n) is 3.95. The third-order valence-corrected chi connectivity index (χ3v) is 5.21. The highest BCUT2D eigenvalue weighted by molar-refractivity contribution is 8.00. The van der Waals surface area contributed by atoms with Crippen LogP contribution < -0.4 is 10.3 Å². The smallest absolute Gasteiger partial charge is 0.250 e. The first kappa shape index (κ1) is 17.8. The zero-order valence-corrected chi connectivity index (χ0v) is 15.4. The van der Waals surface area contributed by atoms with E-state index in [-0.39, 0.29) is 5.91 Å². The van der Waals surface area contributed by atoms with Crippen molar-refractivity contribution in [3.63, 3.8) is 0 Å². The maximum atomic E-state index is 11.8. The summed E-state index contributed by atoms with van der Waals surface area (Å²) in [6.45, 7) is 2.27. The second kappa shape index (κ2) is 8.92. The minimum Gasteiger partial charge on any atom is -0.372 e. The van der Waals surface area contributed by atoms with Crippen molar-refractivity contribution in [2.24, 2.45) is 5.10 Å². The van der Waals surface area contributed by atoms with E-state index in [1.807, 2.05) is 36.4 Å². The van der Waals surface area contributed by atoms with E-state index < -0.39 is 0 Å². The molecule has 3 rings (SSSR count). The molecule has 0 unspecified atom stereocenters. The molecule has 1 fully saturated rings. The van der Waals surface area contributed by atoms with Crippen molar-refractivity contribution in [3.05, 3.63) is 59.1 Å². The van der Waals surface area contributed by atoms with Crippen LogP contribution in [0.1, 0.15) is 18.4 Å². The minimum absolute atomic E-state index is 0.134. The zero-order valence-electron chi connectivity index (χ0n) is 13.8. The van der Waals surface area contributed by atoms with Gasteiger partial charge in [-0.1, -0.05) is 23.7 Å². The maximum absolute atomic E-state index is 11.8. The Bertz CT molecular complexity index is 725. The lowest BCUT2D eigenvalue weighted by Gasteiger charge is -2.17. The van der Waals surface area contributed by atoms with Gasteiger partial charge in [0.15, 0.2) is 0 Å². The Morgan fingerprint density at radius 1 is 1.12 bits per heavy atom. The van der Waals surface area contributed by atoms with Crippen LogP contribution in [0.2, 0.25) is 5.02 Å². The molecule has 1 saturated heterocycles. The molecule has 4 nitrogen and oxygen atoms in total. The Balaban J connectivity index is 1.44. The fraction of sp³-hybridized carbons (Fsp3) is 0.263. The van der Waals surface area contributed by atoms with E-state index >= 15 is 0 Å². The molecule has 0 aliphatic carbocycles. The molecule has 0 bridgehead atoms. The zero-order chi connectivity index (χ0) is 17.5. The summed E-state index contributed by atoms with van der Waals surface area (Å²) in [5, 5.41) is 4.71. The number of carbonyl (C=O) groups excluding carboxylic acids is 1. The number of anilines is 1. The molecule has 0 radical (unpaired) electrons. The summed E-state index contributed by atoms with van der Waals surface area (Å²) in [4.78, 5) is 15.2. The first-order chi connectivity index (χ1) is 12.2. The third kappa shape index (κ3) is 5.51. The summed E-state index contributed by atoms with van der Waals surface area (Å²) in [5.74, 6) is 0.178. The molecule has 1 heterocycles. The van der Waals surface area contributed by atoms with Crippen LogP contribution in [-0.2, 0) is 4.79 Å². The van der Waals surface area contributed by atoms with Crippen LogP contribution in [0.3, 0.4) is 0 Å². The number of thioether (sulfide) groups is 1. The van der Waals surface area contributed by atoms with Gasteiger partial charge in [-0.3, -0.25) is 4.79 Å². The summed E-state index contributed by atoms with van der Waals surface area (Å²) in [5.41, 5.74) is 4.77. The molecule has 2 aromatic rings. The van der Waals surface area contributed by atoms with Crippen LogP contribution in [0.25, 0.3) is 0 Å². The van der Waals surface area contributed by atoms with Gasteiger partial charge in [0.1, 0.15) is 0 Å². The van der Waals surface area contributed by atoms with Gasteiger partial charge in [-0.25, -0.2) is 5.43 Å². The number of hydrogen-bond donors (Lipinski definition) is 1.